The largest absolute Gasteiger partial charge is 0.481 e. The van der Waals surface area contributed by atoms with E-state index in [9.17, 15) is 4.79 Å². The van der Waals surface area contributed by atoms with E-state index in [0.717, 1.165) is 17.1 Å². The summed E-state index contributed by atoms with van der Waals surface area (Å²) in [6, 6.07) is 5.36. The van der Waals surface area contributed by atoms with Gasteiger partial charge in [-0.15, -0.1) is 0 Å². The van der Waals surface area contributed by atoms with E-state index >= 15 is 0 Å². The molecule has 1 fully saturated rings. The van der Waals surface area contributed by atoms with Crippen LogP contribution in [-0.2, 0) is 4.74 Å². The molecule has 0 N–H and O–H groups in total. The molecule has 8 nitrogen and oxygen atoms in total. The Morgan fingerprint density at radius 2 is 2.11 bits per heavy atom. The number of carbonyl (C=O) groups excluding carboxylic acids is 1. The van der Waals surface area contributed by atoms with Crippen LogP contribution in [0.5, 0.6) is 5.88 Å². The first-order valence-electron chi connectivity index (χ1n) is 8.75. The molecule has 1 aliphatic rings. The second-order valence-corrected chi connectivity index (χ2v) is 5.90. The minimum atomic E-state index is -0.115. The molecule has 142 valence electrons. The third kappa shape index (κ3) is 4.06. The van der Waals surface area contributed by atoms with Crippen molar-refractivity contribution >= 4 is 11.6 Å². The monoisotopic (exact) mass is 369 g/mol. The first-order valence-corrected chi connectivity index (χ1v) is 8.75. The maximum Gasteiger partial charge on any atom is 0.274 e. The summed E-state index contributed by atoms with van der Waals surface area (Å²) < 4.78 is 12.1. The van der Waals surface area contributed by atoms with Crippen molar-refractivity contribution in [3.8, 4) is 11.6 Å². The molecule has 27 heavy (non-hydrogen) atoms. The van der Waals surface area contributed by atoms with Crippen molar-refractivity contribution in [3.63, 3.8) is 0 Å². The Morgan fingerprint density at radius 3 is 2.70 bits per heavy atom. The highest BCUT2D eigenvalue weighted by atomic mass is 16.5. The van der Waals surface area contributed by atoms with E-state index < -0.39 is 0 Å². The number of amides is 1. The quantitative estimate of drug-likeness (QED) is 0.750. The Hall–Kier alpha value is -3.00. The average molecular weight is 369 g/mol. The Balaban J connectivity index is 2.03. The van der Waals surface area contributed by atoms with Crippen LogP contribution in [0.2, 0.25) is 0 Å². The van der Waals surface area contributed by atoms with Gasteiger partial charge in [-0.3, -0.25) is 9.79 Å². The third-order valence-electron chi connectivity index (χ3n) is 4.23. The standard InChI is InChI=1S/C19H23N5O3/c1-4-5-15(20-2)17-12-16(19(25)23-8-10-27-11-9-23)22-24(17)14-6-7-18(26-3)21-13-14/h4-7,12-13H,8-11H2,1-3H3/b5-4-,20-15+. The first kappa shape index (κ1) is 18.8. The molecule has 0 aromatic carbocycles. The summed E-state index contributed by atoms with van der Waals surface area (Å²) in [6.07, 6.45) is 5.43. The zero-order valence-electron chi connectivity index (χ0n) is 15.8. The minimum Gasteiger partial charge on any atom is -0.481 e. The highest BCUT2D eigenvalue weighted by Crippen LogP contribution is 2.18. The van der Waals surface area contributed by atoms with Crippen LogP contribution in [0.25, 0.3) is 5.69 Å². The van der Waals surface area contributed by atoms with E-state index in [1.807, 2.05) is 25.1 Å². The molecule has 2 aromatic rings. The lowest BCUT2D eigenvalue weighted by Gasteiger charge is -2.25. The topological polar surface area (TPSA) is 81.8 Å². The lowest BCUT2D eigenvalue weighted by Crippen LogP contribution is -2.40. The van der Waals surface area contributed by atoms with E-state index in [2.05, 4.69) is 15.1 Å². The molecule has 8 heteroatoms. The summed E-state index contributed by atoms with van der Waals surface area (Å²) in [5.74, 6) is 0.394. The Morgan fingerprint density at radius 1 is 1.33 bits per heavy atom. The lowest BCUT2D eigenvalue weighted by atomic mass is 10.2. The summed E-state index contributed by atoms with van der Waals surface area (Å²) in [5, 5.41) is 4.55. The van der Waals surface area contributed by atoms with E-state index in [0.29, 0.717) is 37.9 Å². The Kier molecular flexibility index (Phi) is 5.97. The van der Waals surface area contributed by atoms with Crippen LogP contribution >= 0.6 is 0 Å². The van der Waals surface area contributed by atoms with E-state index in [1.165, 1.54) is 0 Å². The molecule has 0 unspecified atom stereocenters. The fourth-order valence-electron chi connectivity index (χ4n) is 2.84. The van der Waals surface area contributed by atoms with Crippen molar-refractivity contribution in [2.45, 2.75) is 6.92 Å². The van der Waals surface area contributed by atoms with Crippen LogP contribution in [0, 0.1) is 0 Å². The number of methoxy groups -OCH3 is 1. The maximum absolute atomic E-state index is 12.9. The zero-order valence-corrected chi connectivity index (χ0v) is 15.8. The van der Waals surface area contributed by atoms with Gasteiger partial charge in [-0.1, -0.05) is 6.08 Å². The van der Waals surface area contributed by atoms with Crippen LogP contribution < -0.4 is 4.74 Å². The van der Waals surface area contributed by atoms with Gasteiger partial charge in [-0.05, 0) is 25.1 Å². The van der Waals surface area contributed by atoms with E-state index in [-0.39, 0.29) is 5.91 Å². The Labute approximate surface area is 158 Å². The molecule has 1 saturated heterocycles. The molecule has 1 amide bonds. The van der Waals surface area contributed by atoms with Crippen molar-refractivity contribution in [2.24, 2.45) is 4.99 Å². The lowest BCUT2D eigenvalue weighted by molar-refractivity contribution is 0.0298. The van der Waals surface area contributed by atoms with E-state index in [4.69, 9.17) is 9.47 Å². The Bertz CT molecular complexity index is 849. The molecule has 0 saturated carbocycles. The number of aliphatic imine (C=N–C) groups is 1. The number of nitrogens with zero attached hydrogens (tertiary/aromatic N) is 5. The van der Waals surface area contributed by atoms with Crippen molar-refractivity contribution in [1.82, 2.24) is 19.7 Å². The number of carbonyl (C=O) groups is 1. The second-order valence-electron chi connectivity index (χ2n) is 5.90. The molecule has 0 radical (unpaired) electrons. The van der Waals surface area contributed by atoms with Gasteiger partial charge in [-0.2, -0.15) is 5.10 Å². The van der Waals surface area contributed by atoms with Gasteiger partial charge in [0.1, 0.15) is 0 Å². The van der Waals surface area contributed by atoms with Crippen molar-refractivity contribution < 1.29 is 14.3 Å². The predicted octanol–water partition coefficient (Wildman–Crippen LogP) is 1.74. The van der Waals surface area contributed by atoms with Crippen molar-refractivity contribution in [3.05, 3.63) is 47.9 Å². The number of rotatable bonds is 5. The molecule has 3 rings (SSSR count). The highest BCUT2D eigenvalue weighted by Gasteiger charge is 2.24. The minimum absolute atomic E-state index is 0.115. The van der Waals surface area contributed by atoms with Gasteiger partial charge in [0.05, 0.1) is 43.6 Å². The van der Waals surface area contributed by atoms with Crippen LogP contribution in [-0.4, -0.2) is 71.7 Å². The number of ether oxygens (including phenoxy) is 2. The average Bonchev–Trinajstić information content (AvgIpc) is 3.17. The summed E-state index contributed by atoms with van der Waals surface area (Å²) in [5.41, 5.74) is 2.53. The fraction of sp³-hybridized carbons (Fsp3) is 0.368. The number of allylic oxidation sites excluding steroid dienone is 2. The zero-order chi connectivity index (χ0) is 19.2. The summed E-state index contributed by atoms with van der Waals surface area (Å²) in [4.78, 5) is 23.2. The predicted molar refractivity (Wildman–Crippen MR) is 102 cm³/mol. The van der Waals surface area contributed by atoms with E-state index in [1.54, 1.807) is 42.1 Å². The van der Waals surface area contributed by atoms with Gasteiger partial charge in [-0.25, -0.2) is 9.67 Å². The molecular formula is C19H23N5O3. The molecule has 1 aliphatic heterocycles. The van der Waals surface area contributed by atoms with Gasteiger partial charge in [0, 0.05) is 26.2 Å². The highest BCUT2D eigenvalue weighted by molar-refractivity contribution is 6.09. The van der Waals surface area contributed by atoms with Crippen LogP contribution in [0.4, 0.5) is 0 Å². The second kappa shape index (κ2) is 8.59. The molecule has 0 atom stereocenters. The summed E-state index contributed by atoms with van der Waals surface area (Å²) in [7, 11) is 3.27. The molecule has 0 bridgehead atoms. The number of aromatic nitrogens is 3. The summed E-state index contributed by atoms with van der Waals surface area (Å²) in [6.45, 7) is 4.13. The van der Waals surface area contributed by atoms with Crippen molar-refractivity contribution in [1.29, 1.82) is 0 Å². The number of morpholine rings is 1. The third-order valence-corrected chi connectivity index (χ3v) is 4.23. The van der Waals surface area contributed by atoms with Crippen LogP contribution in [0.3, 0.4) is 0 Å². The summed E-state index contributed by atoms with van der Waals surface area (Å²) >= 11 is 0. The molecule has 0 aliphatic carbocycles. The maximum atomic E-state index is 12.9. The van der Waals surface area contributed by atoms with Crippen molar-refractivity contribution in [2.75, 3.05) is 40.5 Å². The number of pyridine rings is 1. The van der Waals surface area contributed by atoms with Gasteiger partial charge in [0.2, 0.25) is 5.88 Å². The normalized spacial score (nSPS) is 15.4. The van der Waals surface area contributed by atoms with Gasteiger partial charge in [0.15, 0.2) is 5.69 Å². The first-order chi connectivity index (χ1) is 13.2. The molecular weight excluding hydrogens is 346 g/mol. The molecule has 3 heterocycles. The SMILES string of the molecule is C/C=C\C(=N/C)c1cc(C(=O)N2CCOCC2)nn1-c1ccc(OC)nc1. The van der Waals surface area contributed by atoms with Gasteiger partial charge < -0.3 is 14.4 Å². The molecule has 0 spiro atoms. The van der Waals surface area contributed by atoms with Crippen LogP contribution in [0.1, 0.15) is 23.1 Å². The van der Waals surface area contributed by atoms with Gasteiger partial charge >= 0.3 is 0 Å². The van der Waals surface area contributed by atoms with Gasteiger partial charge in [0.25, 0.3) is 5.91 Å². The smallest absolute Gasteiger partial charge is 0.274 e. The fourth-order valence-corrected chi connectivity index (χ4v) is 2.84. The molecule has 2 aromatic heterocycles. The number of hydrogen-bond acceptors (Lipinski definition) is 6. The van der Waals surface area contributed by atoms with Crippen LogP contribution in [0.15, 0.2) is 41.5 Å². The number of hydrogen-bond donors (Lipinski definition) is 0.